The molecule has 6 heteroatoms. The summed E-state index contributed by atoms with van der Waals surface area (Å²) in [4.78, 5) is 11.7. The van der Waals surface area contributed by atoms with Crippen molar-refractivity contribution in [1.29, 1.82) is 0 Å². The van der Waals surface area contributed by atoms with E-state index < -0.39 is 5.60 Å². The predicted molar refractivity (Wildman–Crippen MR) is 76.5 cm³/mol. The summed E-state index contributed by atoms with van der Waals surface area (Å²) in [7, 11) is 1.92. The zero-order valence-electron chi connectivity index (χ0n) is 12.6. The first-order valence-electron chi connectivity index (χ1n) is 7.01. The van der Waals surface area contributed by atoms with Crippen molar-refractivity contribution in [3.05, 3.63) is 18.0 Å². The summed E-state index contributed by atoms with van der Waals surface area (Å²) in [6.45, 7) is 8.02. The number of rotatable bonds is 3. The van der Waals surface area contributed by atoms with Gasteiger partial charge in [-0.1, -0.05) is 0 Å². The van der Waals surface area contributed by atoms with Crippen molar-refractivity contribution < 1.29 is 9.53 Å². The molecule has 1 amide bonds. The summed E-state index contributed by atoms with van der Waals surface area (Å²) >= 11 is 0. The van der Waals surface area contributed by atoms with Gasteiger partial charge in [0.2, 0.25) is 0 Å². The molecular weight excluding hydrogens is 256 g/mol. The van der Waals surface area contributed by atoms with Gasteiger partial charge in [-0.3, -0.25) is 4.68 Å². The van der Waals surface area contributed by atoms with Gasteiger partial charge in [-0.05, 0) is 32.3 Å². The third-order valence-corrected chi connectivity index (χ3v) is 3.40. The monoisotopic (exact) mass is 280 g/mol. The molecule has 2 rings (SSSR count). The van der Waals surface area contributed by atoms with E-state index in [1.807, 2.05) is 44.9 Å². The van der Waals surface area contributed by atoms with E-state index in [9.17, 15) is 4.79 Å². The van der Waals surface area contributed by atoms with Crippen molar-refractivity contribution in [2.45, 2.75) is 32.3 Å². The first-order valence-corrected chi connectivity index (χ1v) is 7.01. The second-order valence-electron chi connectivity index (χ2n) is 6.35. The molecule has 2 heterocycles. The van der Waals surface area contributed by atoms with Crippen LogP contribution in [0.2, 0.25) is 0 Å². The molecular formula is C14H24N4O2. The minimum Gasteiger partial charge on any atom is -0.444 e. The smallest absolute Gasteiger partial charge is 0.407 e. The number of amides is 1. The Balaban J connectivity index is 1.87. The van der Waals surface area contributed by atoms with Crippen LogP contribution in [-0.2, 0) is 11.8 Å². The highest BCUT2D eigenvalue weighted by Gasteiger charge is 2.30. The van der Waals surface area contributed by atoms with E-state index in [-0.39, 0.29) is 6.09 Å². The van der Waals surface area contributed by atoms with E-state index in [0.29, 0.717) is 18.4 Å². The Morgan fingerprint density at radius 1 is 1.55 bits per heavy atom. The average Bonchev–Trinajstić information content (AvgIpc) is 2.92. The highest BCUT2D eigenvalue weighted by molar-refractivity contribution is 5.67. The van der Waals surface area contributed by atoms with E-state index in [2.05, 4.69) is 15.7 Å². The minimum absolute atomic E-state index is 0.352. The number of aryl methyl sites for hydroxylation is 1. The fourth-order valence-electron chi connectivity index (χ4n) is 2.50. The molecule has 1 aliphatic heterocycles. The lowest BCUT2D eigenvalue weighted by atomic mass is 9.91. The highest BCUT2D eigenvalue weighted by Crippen LogP contribution is 2.27. The Morgan fingerprint density at radius 2 is 2.30 bits per heavy atom. The Labute approximate surface area is 119 Å². The number of carbonyl (C=O) groups excluding carboxylic acids is 1. The first kappa shape index (κ1) is 14.8. The van der Waals surface area contributed by atoms with E-state index in [0.717, 1.165) is 13.1 Å². The molecule has 1 aromatic heterocycles. The van der Waals surface area contributed by atoms with Crippen LogP contribution in [0.4, 0.5) is 4.79 Å². The molecule has 1 aliphatic rings. The average molecular weight is 280 g/mol. The lowest BCUT2D eigenvalue weighted by Crippen LogP contribution is -2.36. The van der Waals surface area contributed by atoms with Crippen LogP contribution in [0, 0.1) is 5.92 Å². The van der Waals surface area contributed by atoms with Gasteiger partial charge >= 0.3 is 6.09 Å². The molecule has 2 atom stereocenters. The normalized spacial score (nSPS) is 22.8. The third kappa shape index (κ3) is 3.96. The Hall–Kier alpha value is -1.56. The van der Waals surface area contributed by atoms with Crippen LogP contribution in [0.1, 0.15) is 32.3 Å². The largest absolute Gasteiger partial charge is 0.444 e. The van der Waals surface area contributed by atoms with Gasteiger partial charge in [-0.25, -0.2) is 4.79 Å². The molecule has 1 aromatic rings. The van der Waals surface area contributed by atoms with Crippen LogP contribution in [0.15, 0.2) is 12.4 Å². The second kappa shape index (κ2) is 5.83. The van der Waals surface area contributed by atoms with Gasteiger partial charge in [0.1, 0.15) is 5.60 Å². The molecule has 0 saturated carbocycles. The second-order valence-corrected chi connectivity index (χ2v) is 6.35. The van der Waals surface area contributed by atoms with Crippen molar-refractivity contribution in [1.82, 2.24) is 20.4 Å². The summed E-state index contributed by atoms with van der Waals surface area (Å²) < 4.78 is 7.07. The summed E-state index contributed by atoms with van der Waals surface area (Å²) in [6, 6.07) is 0. The molecule has 20 heavy (non-hydrogen) atoms. The Morgan fingerprint density at radius 3 is 2.90 bits per heavy atom. The number of ether oxygens (including phenoxy) is 1. The predicted octanol–water partition coefficient (Wildman–Crippen LogP) is 1.25. The van der Waals surface area contributed by atoms with E-state index in [1.165, 1.54) is 5.56 Å². The molecule has 6 nitrogen and oxygen atoms in total. The SMILES string of the molecule is Cn1cc(C2CNCC2CNC(=O)OC(C)(C)C)cn1. The molecule has 0 aliphatic carbocycles. The third-order valence-electron chi connectivity index (χ3n) is 3.40. The standard InChI is InChI=1S/C14H24N4O2/c1-14(2,3)20-13(19)16-6-10-5-15-8-12(10)11-7-17-18(4)9-11/h7,9-10,12,15H,5-6,8H2,1-4H3,(H,16,19). The molecule has 1 saturated heterocycles. The molecule has 0 spiro atoms. The molecule has 0 aromatic carbocycles. The summed E-state index contributed by atoms with van der Waals surface area (Å²) in [5.74, 6) is 0.755. The van der Waals surface area contributed by atoms with Crippen molar-refractivity contribution in [3.8, 4) is 0 Å². The number of alkyl carbamates (subject to hydrolysis) is 1. The maximum Gasteiger partial charge on any atom is 0.407 e. The molecule has 2 N–H and O–H groups in total. The number of carbonyl (C=O) groups is 1. The maximum atomic E-state index is 11.7. The highest BCUT2D eigenvalue weighted by atomic mass is 16.6. The zero-order valence-corrected chi connectivity index (χ0v) is 12.6. The number of hydrogen-bond donors (Lipinski definition) is 2. The van der Waals surface area contributed by atoms with Crippen molar-refractivity contribution >= 4 is 6.09 Å². The minimum atomic E-state index is -0.458. The molecule has 2 unspecified atom stereocenters. The van der Waals surface area contributed by atoms with Gasteiger partial charge in [0.15, 0.2) is 0 Å². The molecule has 0 radical (unpaired) electrons. The summed E-state index contributed by atoms with van der Waals surface area (Å²) in [6.07, 6.45) is 3.59. The van der Waals surface area contributed by atoms with Gasteiger partial charge < -0.3 is 15.4 Å². The van der Waals surface area contributed by atoms with Gasteiger partial charge in [0.25, 0.3) is 0 Å². The van der Waals surface area contributed by atoms with Crippen LogP contribution >= 0.6 is 0 Å². The number of hydrogen-bond acceptors (Lipinski definition) is 4. The van der Waals surface area contributed by atoms with Gasteiger partial charge in [-0.2, -0.15) is 5.10 Å². The Bertz CT molecular complexity index is 464. The van der Waals surface area contributed by atoms with E-state index in [1.54, 1.807) is 0 Å². The first-order chi connectivity index (χ1) is 9.35. The van der Waals surface area contributed by atoms with Gasteiger partial charge in [-0.15, -0.1) is 0 Å². The fraction of sp³-hybridized carbons (Fsp3) is 0.714. The van der Waals surface area contributed by atoms with Crippen molar-refractivity contribution in [3.63, 3.8) is 0 Å². The molecule has 1 fully saturated rings. The van der Waals surface area contributed by atoms with Gasteiger partial charge in [0, 0.05) is 38.8 Å². The van der Waals surface area contributed by atoms with Crippen LogP contribution in [0.5, 0.6) is 0 Å². The summed E-state index contributed by atoms with van der Waals surface area (Å²) in [5, 5.41) is 10.4. The number of aromatic nitrogens is 2. The fourth-order valence-corrected chi connectivity index (χ4v) is 2.50. The quantitative estimate of drug-likeness (QED) is 0.874. The summed E-state index contributed by atoms with van der Waals surface area (Å²) in [5.41, 5.74) is 0.759. The van der Waals surface area contributed by atoms with Crippen LogP contribution in [0.3, 0.4) is 0 Å². The number of nitrogens with zero attached hydrogens (tertiary/aromatic N) is 2. The van der Waals surface area contributed by atoms with Crippen LogP contribution < -0.4 is 10.6 Å². The van der Waals surface area contributed by atoms with E-state index in [4.69, 9.17) is 4.74 Å². The molecule has 0 bridgehead atoms. The lowest BCUT2D eigenvalue weighted by Gasteiger charge is -2.22. The van der Waals surface area contributed by atoms with E-state index >= 15 is 0 Å². The topological polar surface area (TPSA) is 68.2 Å². The maximum absolute atomic E-state index is 11.7. The van der Waals surface area contributed by atoms with Gasteiger partial charge in [0.05, 0.1) is 6.20 Å². The molecule has 112 valence electrons. The number of nitrogens with one attached hydrogen (secondary N) is 2. The van der Waals surface area contributed by atoms with Crippen LogP contribution in [-0.4, -0.2) is 41.1 Å². The zero-order chi connectivity index (χ0) is 14.8. The lowest BCUT2D eigenvalue weighted by molar-refractivity contribution is 0.0519. The van der Waals surface area contributed by atoms with Crippen LogP contribution in [0.25, 0.3) is 0 Å². The van der Waals surface area contributed by atoms with Crippen molar-refractivity contribution in [2.75, 3.05) is 19.6 Å². The Kier molecular flexibility index (Phi) is 4.32. The van der Waals surface area contributed by atoms with Crippen molar-refractivity contribution in [2.24, 2.45) is 13.0 Å².